The van der Waals surface area contributed by atoms with E-state index >= 15 is 0 Å². The first-order valence-corrected chi connectivity index (χ1v) is 7.17. The number of carbonyl (C=O) groups excluding carboxylic acids is 2. The summed E-state index contributed by atoms with van der Waals surface area (Å²) in [6.45, 7) is 6.21. The van der Waals surface area contributed by atoms with Crippen LogP contribution in [0.4, 0.5) is 10.1 Å². The average Bonchev–Trinajstić information content (AvgIpc) is 2.38. The van der Waals surface area contributed by atoms with Gasteiger partial charge in [0.15, 0.2) is 0 Å². The van der Waals surface area contributed by atoms with Crippen molar-refractivity contribution >= 4 is 17.5 Å². The molecule has 1 N–H and O–H groups in total. The Morgan fingerprint density at radius 2 is 1.90 bits per heavy atom. The molecule has 1 saturated heterocycles. The quantitative estimate of drug-likeness (QED) is 0.851. The Balaban J connectivity index is 2.14. The third-order valence-electron chi connectivity index (χ3n) is 3.39. The van der Waals surface area contributed by atoms with Gasteiger partial charge < -0.3 is 10.2 Å². The summed E-state index contributed by atoms with van der Waals surface area (Å²) in [5.41, 5.74) is 0.268. The molecule has 21 heavy (non-hydrogen) atoms. The van der Waals surface area contributed by atoms with Crippen molar-refractivity contribution < 1.29 is 14.0 Å². The van der Waals surface area contributed by atoms with E-state index in [0.29, 0.717) is 18.7 Å². The second kappa shape index (κ2) is 5.84. The maximum absolute atomic E-state index is 13.0. The molecule has 0 aromatic heterocycles. The highest BCUT2D eigenvalue weighted by Crippen LogP contribution is 2.25. The molecule has 0 saturated carbocycles. The minimum Gasteiger partial charge on any atom is -0.351 e. The Hall–Kier alpha value is -1.91. The zero-order chi connectivity index (χ0) is 15.6. The van der Waals surface area contributed by atoms with Gasteiger partial charge in [-0.3, -0.25) is 9.59 Å². The molecule has 0 spiro atoms. The number of rotatable bonds is 2. The Kier molecular flexibility index (Phi) is 4.30. The minimum absolute atomic E-state index is 0.213. The highest BCUT2D eigenvalue weighted by atomic mass is 19.1. The van der Waals surface area contributed by atoms with E-state index in [1.54, 1.807) is 17.0 Å². The Bertz CT molecular complexity index is 534. The molecule has 1 aliphatic heterocycles. The highest BCUT2D eigenvalue weighted by Gasteiger charge is 2.35. The number of hydrogen-bond acceptors (Lipinski definition) is 2. The van der Waals surface area contributed by atoms with Crippen LogP contribution in [0.25, 0.3) is 0 Å². The molecule has 2 amide bonds. The fourth-order valence-electron chi connectivity index (χ4n) is 2.45. The van der Waals surface area contributed by atoms with Gasteiger partial charge >= 0.3 is 0 Å². The van der Waals surface area contributed by atoms with Gasteiger partial charge in [0.2, 0.25) is 11.8 Å². The topological polar surface area (TPSA) is 49.4 Å². The summed E-state index contributed by atoms with van der Waals surface area (Å²) < 4.78 is 13.0. The van der Waals surface area contributed by atoms with Gasteiger partial charge in [-0.1, -0.05) is 0 Å². The molecule has 0 radical (unpaired) electrons. The Labute approximate surface area is 124 Å². The molecule has 0 bridgehead atoms. The van der Waals surface area contributed by atoms with Crippen LogP contribution >= 0.6 is 0 Å². The van der Waals surface area contributed by atoms with Crippen molar-refractivity contribution in [2.24, 2.45) is 5.92 Å². The van der Waals surface area contributed by atoms with E-state index in [4.69, 9.17) is 0 Å². The maximum atomic E-state index is 13.0. The number of nitrogens with zero attached hydrogens (tertiary/aromatic N) is 1. The van der Waals surface area contributed by atoms with Crippen molar-refractivity contribution in [1.82, 2.24) is 5.32 Å². The van der Waals surface area contributed by atoms with Crippen molar-refractivity contribution in [2.75, 3.05) is 11.4 Å². The number of anilines is 1. The lowest BCUT2D eigenvalue weighted by Crippen LogP contribution is -2.51. The maximum Gasteiger partial charge on any atom is 0.239 e. The molecule has 0 aliphatic carbocycles. The van der Waals surface area contributed by atoms with Gasteiger partial charge in [-0.05, 0) is 57.9 Å². The van der Waals surface area contributed by atoms with E-state index in [2.05, 4.69) is 5.32 Å². The smallest absolute Gasteiger partial charge is 0.239 e. The molecule has 2 rings (SSSR count). The highest BCUT2D eigenvalue weighted by molar-refractivity contribution is 6.08. The SMILES string of the molecule is CC(C)(C)NC(=O)C1CCCN(c2ccc(F)cc2)C1=O. The molecule has 1 fully saturated rings. The van der Waals surface area contributed by atoms with Gasteiger partial charge in [-0.2, -0.15) is 0 Å². The number of hydrogen-bond donors (Lipinski definition) is 1. The fourth-order valence-corrected chi connectivity index (χ4v) is 2.45. The van der Waals surface area contributed by atoms with Crippen LogP contribution in [0.15, 0.2) is 24.3 Å². The van der Waals surface area contributed by atoms with Crippen LogP contribution in [0.1, 0.15) is 33.6 Å². The van der Waals surface area contributed by atoms with E-state index in [9.17, 15) is 14.0 Å². The lowest BCUT2D eigenvalue weighted by molar-refractivity contribution is -0.135. The predicted molar refractivity (Wildman–Crippen MR) is 79.4 cm³/mol. The van der Waals surface area contributed by atoms with Gasteiger partial charge in [0, 0.05) is 17.8 Å². The molecule has 1 atom stereocenters. The van der Waals surface area contributed by atoms with Crippen LogP contribution < -0.4 is 10.2 Å². The van der Waals surface area contributed by atoms with Crippen LogP contribution in [0.5, 0.6) is 0 Å². The van der Waals surface area contributed by atoms with Crippen molar-refractivity contribution in [1.29, 1.82) is 0 Å². The van der Waals surface area contributed by atoms with Crippen LogP contribution in [-0.4, -0.2) is 23.9 Å². The second-order valence-electron chi connectivity index (χ2n) is 6.40. The first-order chi connectivity index (χ1) is 9.78. The lowest BCUT2D eigenvalue weighted by atomic mass is 9.94. The van der Waals surface area contributed by atoms with Gasteiger partial charge in [0.1, 0.15) is 11.7 Å². The van der Waals surface area contributed by atoms with Gasteiger partial charge in [0.25, 0.3) is 0 Å². The van der Waals surface area contributed by atoms with E-state index < -0.39 is 5.92 Å². The molecular formula is C16H21FN2O2. The largest absolute Gasteiger partial charge is 0.351 e. The first-order valence-electron chi connectivity index (χ1n) is 7.17. The number of amides is 2. The number of benzene rings is 1. The van der Waals surface area contributed by atoms with E-state index in [1.807, 2.05) is 20.8 Å². The molecule has 114 valence electrons. The monoisotopic (exact) mass is 292 g/mol. The average molecular weight is 292 g/mol. The first kappa shape index (κ1) is 15.5. The zero-order valence-corrected chi connectivity index (χ0v) is 12.6. The van der Waals surface area contributed by atoms with Crippen molar-refractivity contribution in [3.8, 4) is 0 Å². The molecule has 4 nitrogen and oxygen atoms in total. The van der Waals surface area contributed by atoms with Crippen LogP contribution in [-0.2, 0) is 9.59 Å². The third kappa shape index (κ3) is 3.80. The number of halogens is 1. The number of nitrogens with one attached hydrogen (secondary N) is 1. The van der Waals surface area contributed by atoms with Crippen molar-refractivity contribution in [2.45, 2.75) is 39.2 Å². The molecule has 1 aliphatic rings. The molecular weight excluding hydrogens is 271 g/mol. The van der Waals surface area contributed by atoms with Crippen LogP contribution in [0.3, 0.4) is 0 Å². The van der Waals surface area contributed by atoms with Crippen LogP contribution in [0.2, 0.25) is 0 Å². The summed E-state index contributed by atoms with van der Waals surface area (Å²) in [6.07, 6.45) is 1.31. The molecule has 1 aromatic rings. The fraction of sp³-hybridized carbons (Fsp3) is 0.500. The summed E-state index contributed by atoms with van der Waals surface area (Å²) in [7, 11) is 0. The van der Waals surface area contributed by atoms with Gasteiger partial charge in [-0.25, -0.2) is 4.39 Å². The lowest BCUT2D eigenvalue weighted by Gasteiger charge is -2.33. The summed E-state index contributed by atoms with van der Waals surface area (Å²) in [5.74, 6) is -1.46. The number of carbonyl (C=O) groups is 2. The standard InChI is InChI=1S/C16H21FN2O2/c1-16(2,3)18-14(20)13-5-4-10-19(15(13)21)12-8-6-11(17)7-9-12/h6-9,13H,4-5,10H2,1-3H3,(H,18,20). The number of piperidine rings is 1. The van der Waals surface area contributed by atoms with Crippen molar-refractivity contribution in [3.05, 3.63) is 30.1 Å². The Morgan fingerprint density at radius 3 is 2.48 bits per heavy atom. The van der Waals surface area contributed by atoms with Crippen molar-refractivity contribution in [3.63, 3.8) is 0 Å². The minimum atomic E-state index is -0.664. The summed E-state index contributed by atoms with van der Waals surface area (Å²) in [6, 6.07) is 5.78. The molecule has 1 aromatic carbocycles. The normalized spacial score (nSPS) is 19.5. The Morgan fingerprint density at radius 1 is 1.29 bits per heavy atom. The second-order valence-corrected chi connectivity index (χ2v) is 6.40. The summed E-state index contributed by atoms with van der Waals surface area (Å²) >= 11 is 0. The van der Waals surface area contributed by atoms with E-state index in [1.165, 1.54) is 12.1 Å². The van der Waals surface area contributed by atoms with Gasteiger partial charge in [-0.15, -0.1) is 0 Å². The van der Waals surface area contributed by atoms with E-state index in [-0.39, 0.29) is 23.2 Å². The molecule has 1 heterocycles. The van der Waals surface area contributed by atoms with E-state index in [0.717, 1.165) is 6.42 Å². The predicted octanol–water partition coefficient (Wildman–Crippen LogP) is 2.48. The summed E-state index contributed by atoms with van der Waals surface area (Å²) in [5, 5.41) is 2.85. The molecule has 5 heteroatoms. The molecule has 1 unspecified atom stereocenters. The van der Waals surface area contributed by atoms with Crippen LogP contribution in [0, 0.1) is 11.7 Å². The third-order valence-corrected chi connectivity index (χ3v) is 3.39. The summed E-state index contributed by atoms with van der Waals surface area (Å²) in [4.78, 5) is 26.3. The van der Waals surface area contributed by atoms with Gasteiger partial charge in [0.05, 0.1) is 0 Å². The zero-order valence-electron chi connectivity index (χ0n) is 12.6.